The van der Waals surface area contributed by atoms with E-state index < -0.39 is 0 Å². The molecule has 1 aliphatic rings. The number of pyridine rings is 1. The van der Waals surface area contributed by atoms with Gasteiger partial charge in [-0.2, -0.15) is 0 Å². The molecule has 3 heterocycles. The maximum Gasteiger partial charge on any atom is 0.257 e. The van der Waals surface area contributed by atoms with Crippen LogP contribution in [0.1, 0.15) is 10.4 Å². The monoisotopic (exact) mass is 325 g/mol. The van der Waals surface area contributed by atoms with Gasteiger partial charge in [-0.15, -0.1) is 0 Å². The summed E-state index contributed by atoms with van der Waals surface area (Å²) in [5.41, 5.74) is 3.10. The molecule has 1 fully saturated rings. The average molecular weight is 325 g/mol. The van der Waals surface area contributed by atoms with Crippen molar-refractivity contribution in [3.05, 3.63) is 42.2 Å². The molecule has 1 aromatic carbocycles. The molecule has 2 aromatic heterocycles. The number of anilines is 2. The number of carbonyl (C=O) groups excluding carboxylic acids is 1. The van der Waals surface area contributed by atoms with Crippen LogP contribution in [0, 0.1) is 0 Å². The third kappa shape index (κ3) is 2.67. The molecular weight excluding hydrogens is 310 g/mol. The number of rotatable bonds is 3. The Morgan fingerprint density at radius 2 is 1.96 bits per heavy atom. The number of amides is 1. The molecule has 3 aromatic rings. The fourth-order valence-corrected chi connectivity index (χ4v) is 2.71. The fraction of sp³-hybridized carbons (Fsp3) is 0.250. The number of fused-ring (bicyclic) bond motifs is 1. The lowest BCUT2D eigenvalue weighted by Gasteiger charge is -2.28. The second-order valence-corrected chi connectivity index (χ2v) is 5.39. The van der Waals surface area contributed by atoms with Crippen LogP contribution in [0.5, 0.6) is 0 Å². The van der Waals surface area contributed by atoms with Crippen LogP contribution in [-0.2, 0) is 4.74 Å². The quantitative estimate of drug-likeness (QED) is 0.783. The maximum absolute atomic E-state index is 12.3. The van der Waals surface area contributed by atoms with Crippen LogP contribution in [-0.4, -0.2) is 47.5 Å². The van der Waals surface area contributed by atoms with Gasteiger partial charge in [-0.3, -0.25) is 9.78 Å². The van der Waals surface area contributed by atoms with Crippen molar-refractivity contribution in [2.75, 3.05) is 36.5 Å². The van der Waals surface area contributed by atoms with Crippen molar-refractivity contribution < 1.29 is 14.2 Å². The van der Waals surface area contributed by atoms with E-state index in [1.54, 1.807) is 18.3 Å². The highest BCUT2D eigenvalue weighted by atomic mass is 16.6. The van der Waals surface area contributed by atoms with Gasteiger partial charge in [-0.1, -0.05) is 0 Å². The normalized spacial score (nSPS) is 14.8. The molecule has 0 radical (unpaired) electrons. The Morgan fingerprint density at radius 1 is 1.12 bits per heavy atom. The SMILES string of the molecule is O=C(Nc1ccc(N2CCOCC2)c2nonc12)c1cccnc1. The molecule has 1 saturated heterocycles. The second kappa shape index (κ2) is 6.25. The number of hydrogen-bond donors (Lipinski definition) is 1. The molecule has 1 amide bonds. The van der Waals surface area contributed by atoms with E-state index in [1.165, 1.54) is 6.20 Å². The van der Waals surface area contributed by atoms with E-state index in [-0.39, 0.29) is 5.91 Å². The Balaban J connectivity index is 1.65. The fourth-order valence-electron chi connectivity index (χ4n) is 2.71. The van der Waals surface area contributed by atoms with Crippen LogP contribution in [0.15, 0.2) is 41.3 Å². The first kappa shape index (κ1) is 14.6. The summed E-state index contributed by atoms with van der Waals surface area (Å²) in [6.45, 7) is 2.91. The molecular formula is C16H15N5O3. The summed E-state index contributed by atoms with van der Waals surface area (Å²) in [7, 11) is 0. The molecule has 0 atom stereocenters. The minimum absolute atomic E-state index is 0.258. The predicted molar refractivity (Wildman–Crippen MR) is 87.0 cm³/mol. The molecule has 0 saturated carbocycles. The zero-order valence-corrected chi connectivity index (χ0v) is 12.8. The van der Waals surface area contributed by atoms with Crippen LogP contribution in [0.25, 0.3) is 11.0 Å². The molecule has 0 spiro atoms. The van der Waals surface area contributed by atoms with E-state index >= 15 is 0 Å². The van der Waals surface area contributed by atoms with Crippen molar-refractivity contribution in [3.63, 3.8) is 0 Å². The number of carbonyl (C=O) groups is 1. The van der Waals surface area contributed by atoms with Crippen molar-refractivity contribution in [3.8, 4) is 0 Å². The Labute approximate surface area is 137 Å². The smallest absolute Gasteiger partial charge is 0.257 e. The van der Waals surface area contributed by atoms with Gasteiger partial charge in [0.15, 0.2) is 11.0 Å². The van der Waals surface area contributed by atoms with Crippen molar-refractivity contribution in [2.24, 2.45) is 0 Å². The van der Waals surface area contributed by atoms with Crippen molar-refractivity contribution >= 4 is 28.3 Å². The predicted octanol–water partition coefficient (Wildman–Crippen LogP) is 1.71. The summed E-state index contributed by atoms with van der Waals surface area (Å²) < 4.78 is 10.3. The number of morpholine rings is 1. The Morgan fingerprint density at radius 3 is 2.75 bits per heavy atom. The van der Waals surface area contributed by atoms with Gasteiger partial charge in [0.1, 0.15) is 0 Å². The van der Waals surface area contributed by atoms with E-state index in [0.29, 0.717) is 35.5 Å². The minimum Gasteiger partial charge on any atom is -0.378 e. The number of nitrogens with one attached hydrogen (secondary N) is 1. The number of benzene rings is 1. The molecule has 4 rings (SSSR count). The molecule has 8 heteroatoms. The first-order chi connectivity index (χ1) is 11.8. The number of hydrogen-bond acceptors (Lipinski definition) is 7. The third-order valence-electron chi connectivity index (χ3n) is 3.92. The summed E-state index contributed by atoms with van der Waals surface area (Å²) in [6, 6.07) is 7.13. The Bertz CT molecular complexity index is 859. The highest BCUT2D eigenvalue weighted by molar-refractivity contribution is 6.09. The van der Waals surface area contributed by atoms with Gasteiger partial charge in [0, 0.05) is 25.5 Å². The van der Waals surface area contributed by atoms with E-state index in [0.717, 1.165) is 18.8 Å². The highest BCUT2D eigenvalue weighted by Crippen LogP contribution is 2.30. The van der Waals surface area contributed by atoms with Crippen LogP contribution in [0.2, 0.25) is 0 Å². The molecule has 1 aliphatic heterocycles. The van der Waals surface area contributed by atoms with E-state index in [9.17, 15) is 4.79 Å². The van der Waals surface area contributed by atoms with E-state index in [1.807, 2.05) is 12.1 Å². The molecule has 122 valence electrons. The molecule has 0 unspecified atom stereocenters. The largest absolute Gasteiger partial charge is 0.378 e. The topological polar surface area (TPSA) is 93.4 Å². The zero-order chi connectivity index (χ0) is 16.4. The minimum atomic E-state index is -0.258. The lowest BCUT2D eigenvalue weighted by atomic mass is 10.2. The Kier molecular flexibility index (Phi) is 3.80. The first-order valence-electron chi connectivity index (χ1n) is 7.62. The van der Waals surface area contributed by atoms with Crippen LogP contribution in [0.4, 0.5) is 11.4 Å². The zero-order valence-electron chi connectivity index (χ0n) is 12.8. The van der Waals surface area contributed by atoms with Crippen LogP contribution in [0.3, 0.4) is 0 Å². The average Bonchev–Trinajstić information content (AvgIpc) is 3.13. The van der Waals surface area contributed by atoms with E-state index in [4.69, 9.17) is 9.37 Å². The summed E-state index contributed by atoms with van der Waals surface area (Å²) in [6.07, 6.45) is 3.13. The van der Waals surface area contributed by atoms with Gasteiger partial charge in [0.25, 0.3) is 5.91 Å². The molecule has 0 aliphatic carbocycles. The first-order valence-corrected chi connectivity index (χ1v) is 7.62. The molecule has 1 N–H and O–H groups in total. The number of nitrogens with zero attached hydrogens (tertiary/aromatic N) is 4. The van der Waals surface area contributed by atoms with Gasteiger partial charge in [0.05, 0.1) is 30.2 Å². The van der Waals surface area contributed by atoms with Gasteiger partial charge >= 0.3 is 0 Å². The molecule has 8 nitrogen and oxygen atoms in total. The van der Waals surface area contributed by atoms with Crippen LogP contribution >= 0.6 is 0 Å². The second-order valence-electron chi connectivity index (χ2n) is 5.39. The van der Waals surface area contributed by atoms with Crippen molar-refractivity contribution in [1.82, 2.24) is 15.3 Å². The maximum atomic E-state index is 12.3. The van der Waals surface area contributed by atoms with Crippen LogP contribution < -0.4 is 10.2 Å². The van der Waals surface area contributed by atoms with Crippen molar-refractivity contribution in [2.45, 2.75) is 0 Å². The highest BCUT2D eigenvalue weighted by Gasteiger charge is 2.19. The standard InChI is InChI=1S/C16H15N5O3/c22-16(11-2-1-5-17-10-11)18-12-3-4-13(15-14(12)19-24-20-15)21-6-8-23-9-7-21/h1-5,10H,6-9H2,(H,18,22). The lowest BCUT2D eigenvalue weighted by Crippen LogP contribution is -2.36. The molecule has 0 bridgehead atoms. The summed E-state index contributed by atoms with van der Waals surface area (Å²) >= 11 is 0. The van der Waals surface area contributed by atoms with E-state index in [2.05, 4.69) is 25.5 Å². The van der Waals surface area contributed by atoms with Gasteiger partial charge in [-0.25, -0.2) is 4.63 Å². The van der Waals surface area contributed by atoms with Gasteiger partial charge < -0.3 is 15.0 Å². The number of aromatic nitrogens is 3. The lowest BCUT2D eigenvalue weighted by molar-refractivity contribution is 0.102. The third-order valence-corrected chi connectivity index (χ3v) is 3.92. The summed E-state index contributed by atoms with van der Waals surface area (Å²) in [4.78, 5) is 18.4. The summed E-state index contributed by atoms with van der Waals surface area (Å²) in [5.74, 6) is -0.258. The van der Waals surface area contributed by atoms with Gasteiger partial charge in [0.2, 0.25) is 0 Å². The summed E-state index contributed by atoms with van der Waals surface area (Å²) in [5, 5.41) is 10.8. The Hall–Kier alpha value is -3.00. The number of ether oxygens (including phenoxy) is 1. The van der Waals surface area contributed by atoms with Crippen molar-refractivity contribution in [1.29, 1.82) is 0 Å². The van der Waals surface area contributed by atoms with Gasteiger partial charge in [-0.05, 0) is 34.6 Å². The molecule has 24 heavy (non-hydrogen) atoms.